The molecule has 3 heterocycles. The van der Waals surface area contributed by atoms with Crippen LogP contribution in [0.3, 0.4) is 0 Å². The lowest BCUT2D eigenvalue weighted by atomic mass is 9.97. The van der Waals surface area contributed by atoms with E-state index >= 15 is 0 Å². The predicted octanol–water partition coefficient (Wildman–Crippen LogP) is 3.44. The number of hydrogen-bond acceptors (Lipinski definition) is 5. The number of piperidine rings is 1. The Morgan fingerprint density at radius 2 is 2.22 bits per heavy atom. The first-order valence-electron chi connectivity index (χ1n) is 9.86. The summed E-state index contributed by atoms with van der Waals surface area (Å²) in [7, 11) is 1.80. The number of likely N-dealkylation sites (tertiary alicyclic amines) is 1. The molecule has 0 saturated carbocycles. The zero-order chi connectivity index (χ0) is 19.1. The van der Waals surface area contributed by atoms with E-state index in [2.05, 4.69) is 57.0 Å². The van der Waals surface area contributed by atoms with E-state index in [1.54, 1.807) is 7.05 Å². The first-order chi connectivity index (χ1) is 13.2. The van der Waals surface area contributed by atoms with Crippen LogP contribution in [0.4, 0.5) is 0 Å². The van der Waals surface area contributed by atoms with Gasteiger partial charge in [-0.1, -0.05) is 25.1 Å². The van der Waals surface area contributed by atoms with Gasteiger partial charge in [0.2, 0.25) is 0 Å². The quantitative estimate of drug-likeness (QED) is 0.561. The molecule has 0 spiro atoms. The zero-order valence-corrected chi connectivity index (χ0v) is 17.4. The van der Waals surface area contributed by atoms with Gasteiger partial charge in [0, 0.05) is 24.5 Å². The molecule has 1 atom stereocenters. The van der Waals surface area contributed by atoms with Gasteiger partial charge in [-0.3, -0.25) is 9.89 Å². The van der Waals surface area contributed by atoms with Crippen LogP contribution in [0.1, 0.15) is 49.1 Å². The maximum absolute atomic E-state index is 5.34. The summed E-state index contributed by atoms with van der Waals surface area (Å²) >= 11 is 1.83. The molecule has 6 nitrogen and oxygen atoms in total. The van der Waals surface area contributed by atoms with Gasteiger partial charge < -0.3 is 15.2 Å². The molecule has 0 amide bonds. The molecule has 0 aromatic carbocycles. The molecule has 7 heteroatoms. The van der Waals surface area contributed by atoms with Crippen molar-refractivity contribution in [2.75, 3.05) is 26.7 Å². The van der Waals surface area contributed by atoms with Crippen molar-refractivity contribution >= 4 is 17.3 Å². The van der Waals surface area contributed by atoms with Gasteiger partial charge in [0.15, 0.2) is 11.7 Å². The average molecular weight is 390 g/mol. The van der Waals surface area contributed by atoms with Crippen LogP contribution < -0.4 is 10.6 Å². The highest BCUT2D eigenvalue weighted by Gasteiger charge is 2.25. The number of hydrogen-bond donors (Lipinski definition) is 2. The SMILES string of the molecule is CCc1cc(CNC(=NC)NCC(c2cccs2)N2CCC(C)CC2)on1. The van der Waals surface area contributed by atoms with Gasteiger partial charge in [-0.15, -0.1) is 11.3 Å². The minimum atomic E-state index is 0.382. The molecule has 2 N–H and O–H groups in total. The smallest absolute Gasteiger partial charge is 0.191 e. The van der Waals surface area contributed by atoms with Gasteiger partial charge in [0.1, 0.15) is 0 Å². The number of rotatable bonds is 7. The Balaban J connectivity index is 1.56. The highest BCUT2D eigenvalue weighted by Crippen LogP contribution is 2.29. The summed E-state index contributed by atoms with van der Waals surface area (Å²) in [6, 6.07) is 6.75. The Labute approximate surface area is 166 Å². The molecule has 3 rings (SSSR count). The van der Waals surface area contributed by atoms with E-state index < -0.39 is 0 Å². The molecule has 1 aliphatic rings. The molecule has 1 saturated heterocycles. The minimum Gasteiger partial charge on any atom is -0.359 e. The lowest BCUT2D eigenvalue weighted by molar-refractivity contribution is 0.140. The van der Waals surface area contributed by atoms with Crippen LogP contribution in [0, 0.1) is 5.92 Å². The lowest BCUT2D eigenvalue weighted by Gasteiger charge is -2.36. The number of nitrogens with zero attached hydrogens (tertiary/aromatic N) is 3. The Bertz CT molecular complexity index is 704. The first kappa shape index (κ1) is 19.9. The van der Waals surface area contributed by atoms with Crippen molar-refractivity contribution in [3.05, 3.63) is 39.9 Å². The van der Waals surface area contributed by atoms with E-state index in [0.717, 1.165) is 49.4 Å². The molecular formula is C20H31N5OS. The third-order valence-electron chi connectivity index (χ3n) is 5.22. The number of nitrogens with one attached hydrogen (secondary N) is 2. The second-order valence-electron chi connectivity index (χ2n) is 7.19. The Kier molecular flexibility index (Phi) is 7.29. The van der Waals surface area contributed by atoms with Crippen LogP contribution in [0.2, 0.25) is 0 Å². The molecule has 1 aliphatic heterocycles. The lowest BCUT2D eigenvalue weighted by Crippen LogP contribution is -2.44. The van der Waals surface area contributed by atoms with Crippen molar-refractivity contribution in [1.82, 2.24) is 20.7 Å². The van der Waals surface area contributed by atoms with Crippen LogP contribution >= 0.6 is 11.3 Å². The number of thiophene rings is 1. The monoisotopic (exact) mass is 389 g/mol. The molecule has 148 valence electrons. The van der Waals surface area contributed by atoms with Crippen LogP contribution in [0.25, 0.3) is 0 Å². The van der Waals surface area contributed by atoms with Crippen molar-refractivity contribution in [3.63, 3.8) is 0 Å². The summed E-state index contributed by atoms with van der Waals surface area (Å²) in [6.07, 6.45) is 3.44. The van der Waals surface area contributed by atoms with Crippen LogP contribution in [-0.2, 0) is 13.0 Å². The maximum atomic E-state index is 5.34. The van der Waals surface area contributed by atoms with E-state index in [1.807, 2.05) is 17.4 Å². The Morgan fingerprint density at radius 3 is 2.85 bits per heavy atom. The van der Waals surface area contributed by atoms with Crippen LogP contribution in [0.5, 0.6) is 0 Å². The third kappa shape index (κ3) is 5.56. The van der Waals surface area contributed by atoms with Gasteiger partial charge in [0.05, 0.1) is 18.3 Å². The van der Waals surface area contributed by atoms with Crippen LogP contribution in [0.15, 0.2) is 33.1 Å². The Hall–Kier alpha value is -1.86. The summed E-state index contributed by atoms with van der Waals surface area (Å²) in [6.45, 7) is 8.17. The van der Waals surface area contributed by atoms with E-state index in [0.29, 0.717) is 12.6 Å². The summed E-state index contributed by atoms with van der Waals surface area (Å²) in [5, 5.41) is 13.0. The maximum Gasteiger partial charge on any atom is 0.191 e. The number of aryl methyl sites for hydroxylation is 1. The van der Waals surface area contributed by atoms with Gasteiger partial charge in [-0.05, 0) is 49.7 Å². The van der Waals surface area contributed by atoms with E-state index in [9.17, 15) is 0 Å². The van der Waals surface area contributed by atoms with Crippen molar-refractivity contribution in [2.24, 2.45) is 10.9 Å². The van der Waals surface area contributed by atoms with E-state index in [4.69, 9.17) is 4.52 Å². The van der Waals surface area contributed by atoms with Crippen molar-refractivity contribution in [1.29, 1.82) is 0 Å². The molecule has 2 aromatic heterocycles. The van der Waals surface area contributed by atoms with Crippen molar-refractivity contribution in [2.45, 2.75) is 45.7 Å². The molecular weight excluding hydrogens is 358 g/mol. The summed E-state index contributed by atoms with van der Waals surface area (Å²) in [5.41, 5.74) is 0.979. The molecule has 27 heavy (non-hydrogen) atoms. The highest BCUT2D eigenvalue weighted by atomic mass is 32.1. The van der Waals surface area contributed by atoms with Gasteiger partial charge in [-0.2, -0.15) is 0 Å². The average Bonchev–Trinajstić information content (AvgIpc) is 3.37. The predicted molar refractivity (Wildman–Crippen MR) is 111 cm³/mol. The Morgan fingerprint density at radius 1 is 1.41 bits per heavy atom. The third-order valence-corrected chi connectivity index (χ3v) is 6.19. The summed E-state index contributed by atoms with van der Waals surface area (Å²) in [5.74, 6) is 2.45. The molecule has 1 unspecified atom stereocenters. The molecule has 2 aromatic rings. The van der Waals surface area contributed by atoms with Crippen molar-refractivity contribution in [3.8, 4) is 0 Å². The normalized spacial score (nSPS) is 17.8. The largest absolute Gasteiger partial charge is 0.359 e. The second-order valence-corrected chi connectivity index (χ2v) is 8.17. The molecule has 0 aliphatic carbocycles. The van der Waals surface area contributed by atoms with E-state index in [-0.39, 0.29) is 0 Å². The standard InChI is InChI=1S/C20H31N5OS/c1-4-16-12-17(26-24-16)13-22-20(21-3)23-14-18(19-6-5-11-27-19)25-9-7-15(2)8-10-25/h5-6,11-12,15,18H,4,7-10,13-14H2,1-3H3,(H2,21,22,23). The van der Waals surface area contributed by atoms with Gasteiger partial charge in [-0.25, -0.2) is 0 Å². The fourth-order valence-corrected chi connectivity index (χ4v) is 4.28. The zero-order valence-electron chi connectivity index (χ0n) is 16.6. The summed E-state index contributed by atoms with van der Waals surface area (Å²) < 4.78 is 5.34. The molecule has 0 bridgehead atoms. The number of aromatic nitrogens is 1. The number of guanidine groups is 1. The number of aliphatic imine (C=N–C) groups is 1. The summed E-state index contributed by atoms with van der Waals surface area (Å²) in [4.78, 5) is 8.38. The fraction of sp³-hybridized carbons (Fsp3) is 0.600. The van der Waals surface area contributed by atoms with Crippen molar-refractivity contribution < 1.29 is 4.52 Å². The van der Waals surface area contributed by atoms with Crippen LogP contribution in [-0.4, -0.2) is 42.7 Å². The minimum absolute atomic E-state index is 0.382. The second kappa shape index (κ2) is 9.90. The fourth-order valence-electron chi connectivity index (χ4n) is 3.42. The topological polar surface area (TPSA) is 65.7 Å². The van der Waals surface area contributed by atoms with Gasteiger partial charge in [0.25, 0.3) is 0 Å². The first-order valence-corrected chi connectivity index (χ1v) is 10.7. The highest BCUT2D eigenvalue weighted by molar-refractivity contribution is 7.10. The van der Waals surface area contributed by atoms with E-state index in [1.165, 1.54) is 17.7 Å². The van der Waals surface area contributed by atoms with Gasteiger partial charge >= 0.3 is 0 Å². The molecule has 1 fully saturated rings. The molecule has 0 radical (unpaired) electrons.